The Morgan fingerprint density at radius 2 is 1.80 bits per heavy atom. The molecule has 2 aliphatic rings. The van der Waals surface area contributed by atoms with Gasteiger partial charge in [0, 0.05) is 62.0 Å². The summed E-state index contributed by atoms with van der Waals surface area (Å²) in [5, 5.41) is 0. The minimum atomic E-state index is 0.537. The third-order valence-corrected chi connectivity index (χ3v) is 5.84. The van der Waals surface area contributed by atoms with Crippen LogP contribution in [0.2, 0.25) is 0 Å². The van der Waals surface area contributed by atoms with Crippen LogP contribution < -0.4 is 9.47 Å². The van der Waals surface area contributed by atoms with Crippen LogP contribution in [0.1, 0.15) is 30.5 Å². The number of ether oxygens (including phenoxy) is 2. The van der Waals surface area contributed by atoms with Crippen LogP contribution in [-0.4, -0.2) is 74.7 Å². The Bertz CT molecular complexity index is 597. The number of benzene rings is 1. The molecule has 140 valence electrons. The van der Waals surface area contributed by atoms with Crippen molar-refractivity contribution in [1.29, 1.82) is 0 Å². The van der Waals surface area contributed by atoms with E-state index in [1.807, 2.05) is 7.11 Å². The average Bonchev–Trinajstić information content (AvgIpc) is 2.62. The highest BCUT2D eigenvalue weighted by atomic mass is 16.5. The molecule has 5 heteroatoms. The van der Waals surface area contributed by atoms with E-state index in [-0.39, 0.29) is 0 Å². The summed E-state index contributed by atoms with van der Waals surface area (Å²) in [6.45, 7) is 12.0. The topological polar surface area (TPSA) is 28.2 Å². The van der Waals surface area contributed by atoms with E-state index in [1.54, 1.807) is 7.11 Å². The van der Waals surface area contributed by atoms with E-state index >= 15 is 0 Å². The maximum Gasteiger partial charge on any atom is 0.127 e. The molecule has 0 radical (unpaired) electrons. The van der Waals surface area contributed by atoms with Crippen molar-refractivity contribution in [3.05, 3.63) is 22.8 Å². The highest BCUT2D eigenvalue weighted by Crippen LogP contribution is 2.40. The summed E-state index contributed by atoms with van der Waals surface area (Å²) >= 11 is 0. The Kier molecular flexibility index (Phi) is 5.87. The number of hydrogen-bond acceptors (Lipinski definition) is 5. The molecule has 0 aromatic heterocycles. The number of piperazine rings is 1. The predicted molar refractivity (Wildman–Crippen MR) is 102 cm³/mol. The van der Waals surface area contributed by atoms with Gasteiger partial charge in [-0.15, -0.1) is 0 Å². The van der Waals surface area contributed by atoms with E-state index < -0.39 is 0 Å². The number of nitrogens with zero attached hydrogens (tertiary/aromatic N) is 3. The second-order valence-electron chi connectivity index (χ2n) is 7.42. The maximum absolute atomic E-state index is 5.91. The smallest absolute Gasteiger partial charge is 0.127 e. The number of likely N-dealkylation sites (N-methyl/N-ethyl adjacent to an activating group) is 2. The summed E-state index contributed by atoms with van der Waals surface area (Å²) in [5.74, 6) is 2.10. The van der Waals surface area contributed by atoms with Gasteiger partial charge in [0.05, 0.1) is 14.2 Å². The molecule has 25 heavy (non-hydrogen) atoms. The Balaban J connectivity index is 1.93. The molecular formula is C20H33N3O2. The molecule has 1 aromatic rings. The summed E-state index contributed by atoms with van der Waals surface area (Å²) < 4.78 is 11.7. The molecule has 2 heterocycles. The van der Waals surface area contributed by atoms with E-state index in [9.17, 15) is 0 Å². The van der Waals surface area contributed by atoms with Crippen LogP contribution in [0, 0.1) is 0 Å². The molecule has 0 N–H and O–H groups in total. The van der Waals surface area contributed by atoms with Gasteiger partial charge < -0.3 is 14.4 Å². The van der Waals surface area contributed by atoms with Crippen molar-refractivity contribution >= 4 is 0 Å². The molecule has 1 unspecified atom stereocenters. The Morgan fingerprint density at radius 3 is 2.40 bits per heavy atom. The molecule has 0 aliphatic carbocycles. The van der Waals surface area contributed by atoms with Crippen molar-refractivity contribution in [2.24, 2.45) is 0 Å². The van der Waals surface area contributed by atoms with Crippen molar-refractivity contribution < 1.29 is 9.47 Å². The molecule has 1 atom stereocenters. The summed E-state index contributed by atoms with van der Waals surface area (Å²) in [7, 11) is 5.79. The average molecular weight is 348 g/mol. The molecule has 2 aliphatic heterocycles. The number of rotatable bonds is 5. The highest BCUT2D eigenvalue weighted by Gasteiger charge is 2.29. The van der Waals surface area contributed by atoms with Crippen LogP contribution in [-0.2, 0) is 19.5 Å². The van der Waals surface area contributed by atoms with Gasteiger partial charge in [0.15, 0.2) is 0 Å². The Hall–Kier alpha value is -1.30. The van der Waals surface area contributed by atoms with Gasteiger partial charge in [-0.25, -0.2) is 0 Å². The molecular weight excluding hydrogens is 314 g/mol. The largest absolute Gasteiger partial charge is 0.496 e. The van der Waals surface area contributed by atoms with Gasteiger partial charge >= 0.3 is 0 Å². The van der Waals surface area contributed by atoms with E-state index in [1.165, 1.54) is 16.7 Å². The minimum Gasteiger partial charge on any atom is -0.496 e. The fourth-order valence-corrected chi connectivity index (χ4v) is 4.19. The zero-order chi connectivity index (χ0) is 18.0. The molecule has 1 aromatic carbocycles. The van der Waals surface area contributed by atoms with E-state index in [4.69, 9.17) is 9.47 Å². The van der Waals surface area contributed by atoms with Crippen LogP contribution in [0.4, 0.5) is 0 Å². The first-order valence-electron chi connectivity index (χ1n) is 9.47. The zero-order valence-corrected chi connectivity index (χ0v) is 16.5. The monoisotopic (exact) mass is 347 g/mol. The maximum atomic E-state index is 5.91. The van der Waals surface area contributed by atoms with Gasteiger partial charge in [-0.1, -0.05) is 6.92 Å². The third kappa shape index (κ3) is 3.78. The van der Waals surface area contributed by atoms with E-state index in [0.717, 1.165) is 63.7 Å². The first kappa shape index (κ1) is 18.5. The van der Waals surface area contributed by atoms with Crippen LogP contribution in [0.5, 0.6) is 11.5 Å². The highest BCUT2D eigenvalue weighted by molar-refractivity contribution is 5.55. The third-order valence-electron chi connectivity index (χ3n) is 5.84. The standard InChI is InChI=1S/C20H33N3O2/c1-6-23-14-18-17(11-15(23)2)20(25-5)16(12-19(18)24-4)13-22-9-7-21(3)8-10-22/h12,15H,6-11,13-14H2,1-5H3. The second kappa shape index (κ2) is 7.94. The quantitative estimate of drug-likeness (QED) is 0.814. The first-order valence-corrected chi connectivity index (χ1v) is 9.47. The van der Waals surface area contributed by atoms with Gasteiger partial charge in [0.25, 0.3) is 0 Å². The van der Waals surface area contributed by atoms with E-state index in [2.05, 4.69) is 41.7 Å². The SMILES string of the molecule is CCN1Cc2c(OC)cc(CN3CCN(C)CC3)c(OC)c2CC1C. The van der Waals surface area contributed by atoms with Gasteiger partial charge in [0.1, 0.15) is 11.5 Å². The summed E-state index contributed by atoms with van der Waals surface area (Å²) in [6, 6.07) is 2.75. The molecule has 3 rings (SSSR count). The minimum absolute atomic E-state index is 0.537. The Morgan fingerprint density at radius 1 is 1.08 bits per heavy atom. The van der Waals surface area contributed by atoms with Crippen molar-refractivity contribution in [2.75, 3.05) is 54.0 Å². The molecule has 1 fully saturated rings. The summed E-state index contributed by atoms with van der Waals surface area (Å²) in [4.78, 5) is 7.42. The molecule has 0 amide bonds. The van der Waals surface area contributed by atoms with Gasteiger partial charge in [-0.3, -0.25) is 9.80 Å². The molecule has 0 spiro atoms. The molecule has 5 nitrogen and oxygen atoms in total. The fraction of sp³-hybridized carbons (Fsp3) is 0.700. The van der Waals surface area contributed by atoms with Crippen LogP contribution in [0.25, 0.3) is 0 Å². The van der Waals surface area contributed by atoms with Gasteiger partial charge in [-0.2, -0.15) is 0 Å². The lowest BCUT2D eigenvalue weighted by Gasteiger charge is -2.37. The zero-order valence-electron chi connectivity index (χ0n) is 16.5. The van der Waals surface area contributed by atoms with Gasteiger partial charge in [0.2, 0.25) is 0 Å². The van der Waals surface area contributed by atoms with Crippen LogP contribution >= 0.6 is 0 Å². The van der Waals surface area contributed by atoms with Crippen molar-refractivity contribution in [1.82, 2.24) is 14.7 Å². The van der Waals surface area contributed by atoms with Gasteiger partial charge in [-0.05, 0) is 33.0 Å². The molecule has 0 saturated carbocycles. The molecule has 1 saturated heterocycles. The predicted octanol–water partition coefficient (Wildman–Crippen LogP) is 2.22. The van der Waals surface area contributed by atoms with Crippen LogP contribution in [0.3, 0.4) is 0 Å². The second-order valence-corrected chi connectivity index (χ2v) is 7.42. The number of fused-ring (bicyclic) bond motifs is 1. The first-order chi connectivity index (χ1) is 12.1. The normalized spacial score (nSPS) is 22.7. The lowest BCUT2D eigenvalue weighted by Crippen LogP contribution is -2.44. The summed E-state index contributed by atoms with van der Waals surface area (Å²) in [6.07, 6.45) is 1.03. The lowest BCUT2D eigenvalue weighted by molar-refractivity contribution is 0.146. The molecule has 0 bridgehead atoms. The lowest BCUT2D eigenvalue weighted by atomic mass is 9.90. The summed E-state index contributed by atoms with van der Waals surface area (Å²) in [5.41, 5.74) is 3.92. The van der Waals surface area contributed by atoms with Crippen molar-refractivity contribution in [2.45, 2.75) is 39.4 Å². The van der Waals surface area contributed by atoms with Crippen LogP contribution in [0.15, 0.2) is 6.07 Å². The number of methoxy groups -OCH3 is 2. The van der Waals surface area contributed by atoms with Crippen molar-refractivity contribution in [3.63, 3.8) is 0 Å². The fourth-order valence-electron chi connectivity index (χ4n) is 4.19. The number of hydrogen-bond donors (Lipinski definition) is 0. The van der Waals surface area contributed by atoms with Crippen molar-refractivity contribution in [3.8, 4) is 11.5 Å². The van der Waals surface area contributed by atoms with E-state index in [0.29, 0.717) is 6.04 Å². The Labute approximate surface area is 152 Å².